The lowest BCUT2D eigenvalue weighted by Crippen LogP contribution is -2.45. The molecule has 0 bridgehead atoms. The van der Waals surface area contributed by atoms with Gasteiger partial charge in [0.2, 0.25) is 0 Å². The van der Waals surface area contributed by atoms with Gasteiger partial charge in [0.25, 0.3) is 0 Å². The quantitative estimate of drug-likeness (QED) is 0.838. The Morgan fingerprint density at radius 1 is 1.29 bits per heavy atom. The van der Waals surface area contributed by atoms with E-state index in [9.17, 15) is 0 Å². The number of nitrogens with one attached hydrogen (secondary N) is 2. The van der Waals surface area contributed by atoms with Gasteiger partial charge in [0, 0.05) is 31.2 Å². The number of hydrogen-bond donors (Lipinski definition) is 2. The van der Waals surface area contributed by atoms with Crippen LogP contribution in [0, 0.1) is 26.7 Å². The largest absolute Gasteiger partial charge is 0.496 e. The molecule has 0 atom stereocenters. The van der Waals surface area contributed by atoms with Crippen molar-refractivity contribution in [2.75, 3.05) is 32.1 Å². The molecule has 1 aliphatic rings. The fourth-order valence-electron chi connectivity index (χ4n) is 2.30. The summed E-state index contributed by atoms with van der Waals surface area (Å²) in [7, 11) is 1.74. The first-order chi connectivity index (χ1) is 8.13. The first kappa shape index (κ1) is 12.2. The second kappa shape index (κ2) is 4.96. The minimum Gasteiger partial charge on any atom is -0.496 e. The number of ether oxygens (including phenoxy) is 1. The van der Waals surface area contributed by atoms with Gasteiger partial charge in [0.05, 0.1) is 7.11 Å². The number of anilines is 1. The fraction of sp³-hybridized carbons (Fsp3) is 0.571. The van der Waals surface area contributed by atoms with Crippen LogP contribution >= 0.6 is 0 Å². The third-order valence-corrected chi connectivity index (χ3v) is 3.68. The van der Waals surface area contributed by atoms with Gasteiger partial charge < -0.3 is 15.4 Å². The fourth-order valence-corrected chi connectivity index (χ4v) is 2.30. The Morgan fingerprint density at radius 2 is 2.00 bits per heavy atom. The van der Waals surface area contributed by atoms with Gasteiger partial charge in [-0.1, -0.05) is 0 Å². The zero-order chi connectivity index (χ0) is 12.4. The van der Waals surface area contributed by atoms with Crippen molar-refractivity contribution < 1.29 is 4.74 Å². The maximum absolute atomic E-state index is 5.43. The molecule has 0 amide bonds. The van der Waals surface area contributed by atoms with E-state index in [2.05, 4.69) is 37.5 Å². The van der Waals surface area contributed by atoms with Gasteiger partial charge in [0.15, 0.2) is 0 Å². The minimum absolute atomic E-state index is 0.775. The summed E-state index contributed by atoms with van der Waals surface area (Å²) in [5.41, 5.74) is 4.97. The van der Waals surface area contributed by atoms with Gasteiger partial charge in [0.1, 0.15) is 5.75 Å². The summed E-state index contributed by atoms with van der Waals surface area (Å²) in [5, 5.41) is 6.85. The zero-order valence-corrected chi connectivity index (χ0v) is 11.2. The van der Waals surface area contributed by atoms with E-state index in [0.29, 0.717) is 0 Å². The lowest BCUT2D eigenvalue weighted by Gasteiger charge is -2.28. The van der Waals surface area contributed by atoms with Crippen LogP contribution in [-0.4, -0.2) is 26.7 Å². The molecule has 1 heterocycles. The van der Waals surface area contributed by atoms with Gasteiger partial charge >= 0.3 is 0 Å². The van der Waals surface area contributed by atoms with Crippen LogP contribution in [0.3, 0.4) is 0 Å². The highest BCUT2D eigenvalue weighted by atomic mass is 16.5. The smallest absolute Gasteiger partial charge is 0.125 e. The van der Waals surface area contributed by atoms with Crippen molar-refractivity contribution in [3.8, 4) is 5.75 Å². The zero-order valence-electron chi connectivity index (χ0n) is 11.2. The lowest BCUT2D eigenvalue weighted by atomic mass is 10.0. The van der Waals surface area contributed by atoms with Crippen LogP contribution < -0.4 is 15.4 Å². The van der Waals surface area contributed by atoms with Crippen molar-refractivity contribution in [3.63, 3.8) is 0 Å². The van der Waals surface area contributed by atoms with E-state index in [1.807, 2.05) is 0 Å². The van der Waals surface area contributed by atoms with Crippen LogP contribution in [0.15, 0.2) is 6.07 Å². The molecular formula is C14H22N2O. The van der Waals surface area contributed by atoms with Crippen molar-refractivity contribution >= 4 is 5.69 Å². The molecule has 0 aromatic heterocycles. The average molecular weight is 234 g/mol. The molecule has 1 aliphatic heterocycles. The normalized spacial score (nSPS) is 15.5. The van der Waals surface area contributed by atoms with E-state index in [4.69, 9.17) is 4.74 Å². The molecule has 0 radical (unpaired) electrons. The molecule has 1 fully saturated rings. The van der Waals surface area contributed by atoms with Crippen molar-refractivity contribution in [2.45, 2.75) is 20.8 Å². The summed E-state index contributed by atoms with van der Waals surface area (Å²) < 4.78 is 5.43. The second-order valence-electron chi connectivity index (χ2n) is 4.93. The van der Waals surface area contributed by atoms with Gasteiger partial charge in [-0.25, -0.2) is 0 Å². The van der Waals surface area contributed by atoms with Crippen molar-refractivity contribution in [1.82, 2.24) is 5.32 Å². The number of aryl methyl sites for hydroxylation is 1. The van der Waals surface area contributed by atoms with Gasteiger partial charge in [-0.3, -0.25) is 0 Å². The van der Waals surface area contributed by atoms with E-state index >= 15 is 0 Å². The third kappa shape index (κ3) is 2.39. The number of methoxy groups -OCH3 is 1. The van der Waals surface area contributed by atoms with E-state index in [1.54, 1.807) is 7.11 Å². The molecule has 3 heteroatoms. The van der Waals surface area contributed by atoms with E-state index < -0.39 is 0 Å². The summed E-state index contributed by atoms with van der Waals surface area (Å²) in [6, 6.07) is 2.19. The molecule has 3 nitrogen and oxygen atoms in total. The standard InChI is InChI=1S/C14H22N2O/c1-9-5-13(16-8-12-6-15-7-12)10(2)11(3)14(9)17-4/h5,12,15-16H,6-8H2,1-4H3. The molecule has 1 saturated heterocycles. The summed E-state index contributed by atoms with van der Waals surface area (Å²) >= 11 is 0. The SMILES string of the molecule is COc1c(C)cc(NCC2CNC2)c(C)c1C. The second-order valence-corrected chi connectivity index (χ2v) is 4.93. The lowest BCUT2D eigenvalue weighted by molar-refractivity contribution is 0.365. The van der Waals surface area contributed by atoms with E-state index in [0.717, 1.165) is 31.3 Å². The summed E-state index contributed by atoms with van der Waals surface area (Å²) in [4.78, 5) is 0. The summed E-state index contributed by atoms with van der Waals surface area (Å²) in [6.07, 6.45) is 0. The number of rotatable bonds is 4. The van der Waals surface area contributed by atoms with Gasteiger partial charge in [-0.2, -0.15) is 0 Å². The molecule has 0 aliphatic carbocycles. The van der Waals surface area contributed by atoms with Crippen LogP contribution in [0.25, 0.3) is 0 Å². The van der Waals surface area contributed by atoms with Crippen LogP contribution in [0.5, 0.6) is 5.75 Å². The number of benzene rings is 1. The van der Waals surface area contributed by atoms with Crippen LogP contribution in [0.4, 0.5) is 5.69 Å². The predicted octanol–water partition coefficient (Wildman–Crippen LogP) is 2.25. The molecular weight excluding hydrogens is 212 g/mol. The molecule has 2 N–H and O–H groups in total. The molecule has 1 aromatic carbocycles. The first-order valence-electron chi connectivity index (χ1n) is 6.23. The Kier molecular flexibility index (Phi) is 3.57. The van der Waals surface area contributed by atoms with Crippen LogP contribution in [0.1, 0.15) is 16.7 Å². The maximum atomic E-state index is 5.43. The molecule has 17 heavy (non-hydrogen) atoms. The molecule has 94 valence electrons. The highest BCUT2D eigenvalue weighted by molar-refractivity contribution is 5.61. The molecule has 0 saturated carbocycles. The van der Waals surface area contributed by atoms with Crippen LogP contribution in [0.2, 0.25) is 0 Å². The van der Waals surface area contributed by atoms with E-state index in [1.165, 1.54) is 22.4 Å². The van der Waals surface area contributed by atoms with Crippen molar-refractivity contribution in [3.05, 3.63) is 22.8 Å². The topological polar surface area (TPSA) is 33.3 Å². The highest BCUT2D eigenvalue weighted by Gasteiger charge is 2.17. The Balaban J connectivity index is 2.16. The van der Waals surface area contributed by atoms with Crippen molar-refractivity contribution in [1.29, 1.82) is 0 Å². The predicted molar refractivity (Wildman–Crippen MR) is 72.1 cm³/mol. The van der Waals surface area contributed by atoms with Gasteiger partial charge in [-0.05, 0) is 43.5 Å². The Morgan fingerprint density at radius 3 is 2.53 bits per heavy atom. The average Bonchev–Trinajstić information content (AvgIpc) is 2.23. The molecule has 1 aromatic rings. The molecule has 0 unspecified atom stereocenters. The first-order valence-corrected chi connectivity index (χ1v) is 6.23. The van der Waals surface area contributed by atoms with Crippen molar-refractivity contribution in [2.24, 2.45) is 5.92 Å². The summed E-state index contributed by atoms with van der Waals surface area (Å²) in [5.74, 6) is 1.79. The maximum Gasteiger partial charge on any atom is 0.125 e. The van der Waals surface area contributed by atoms with E-state index in [-0.39, 0.29) is 0 Å². The van der Waals surface area contributed by atoms with Gasteiger partial charge in [-0.15, -0.1) is 0 Å². The summed E-state index contributed by atoms with van der Waals surface area (Å²) in [6.45, 7) is 9.70. The Hall–Kier alpha value is -1.22. The highest BCUT2D eigenvalue weighted by Crippen LogP contribution is 2.31. The molecule has 0 spiro atoms. The monoisotopic (exact) mass is 234 g/mol. The minimum atomic E-state index is 0.775. The third-order valence-electron chi connectivity index (χ3n) is 3.68. The Bertz CT molecular complexity index is 411. The Labute approximate surface area is 104 Å². The molecule has 2 rings (SSSR count). The van der Waals surface area contributed by atoms with Crippen LogP contribution in [-0.2, 0) is 0 Å². The number of hydrogen-bond acceptors (Lipinski definition) is 3.